The summed E-state index contributed by atoms with van der Waals surface area (Å²) < 4.78 is 95.1. The summed E-state index contributed by atoms with van der Waals surface area (Å²) in [5.41, 5.74) is -2.12. The van der Waals surface area contributed by atoms with E-state index in [-0.39, 0.29) is 53.3 Å². The number of ether oxygens (including phenoxy) is 1. The number of benzene rings is 1. The molecule has 0 saturated heterocycles. The van der Waals surface area contributed by atoms with Gasteiger partial charge in [-0.2, -0.15) is 27.1 Å². The van der Waals surface area contributed by atoms with Crippen molar-refractivity contribution in [1.29, 1.82) is 0 Å². The molecule has 1 aliphatic carbocycles. The second-order valence-electron chi connectivity index (χ2n) is 10.2. The molecule has 230 valence electrons. The third-order valence-electron chi connectivity index (χ3n) is 7.19. The zero-order valence-corrected chi connectivity index (χ0v) is 24.0. The van der Waals surface area contributed by atoms with Gasteiger partial charge in [-0.25, -0.2) is 8.42 Å². The monoisotopic (exact) mass is 631 g/mol. The predicted octanol–water partition coefficient (Wildman–Crippen LogP) is 3.98. The Morgan fingerprint density at radius 3 is 2.54 bits per heavy atom. The summed E-state index contributed by atoms with van der Waals surface area (Å²) in [4.78, 5) is 13.0. The highest BCUT2D eigenvalue weighted by atomic mass is 35.5. The minimum Gasteiger partial charge on any atom is -0.434 e. The summed E-state index contributed by atoms with van der Waals surface area (Å²) in [7, 11) is -3.44. The van der Waals surface area contributed by atoms with Crippen molar-refractivity contribution < 1.29 is 50.1 Å². The Morgan fingerprint density at radius 1 is 1.34 bits per heavy atom. The van der Waals surface area contributed by atoms with Crippen molar-refractivity contribution in [3.8, 4) is 17.0 Å². The van der Waals surface area contributed by atoms with Crippen LogP contribution in [0.3, 0.4) is 0 Å². The number of aryl methyl sites for hydroxylation is 1. The van der Waals surface area contributed by atoms with Crippen LogP contribution in [0.1, 0.15) is 49.2 Å². The minimum atomic E-state index is -4.50. The van der Waals surface area contributed by atoms with Crippen molar-refractivity contribution in [3.63, 3.8) is 0 Å². The second-order valence-corrected chi connectivity index (χ2v) is 12.9. The molecule has 41 heavy (non-hydrogen) atoms. The lowest BCUT2D eigenvalue weighted by atomic mass is 9.82. The van der Waals surface area contributed by atoms with Crippen LogP contribution in [0.15, 0.2) is 18.2 Å². The van der Waals surface area contributed by atoms with Crippen molar-refractivity contribution in [2.24, 2.45) is 5.92 Å². The van der Waals surface area contributed by atoms with Crippen molar-refractivity contribution in [2.45, 2.75) is 75.8 Å². The van der Waals surface area contributed by atoms with E-state index < -0.39 is 70.1 Å². The van der Waals surface area contributed by atoms with Gasteiger partial charge in [0.1, 0.15) is 21.2 Å². The lowest BCUT2D eigenvalue weighted by Crippen LogP contribution is -2.56. The number of amides is 1. The highest BCUT2D eigenvalue weighted by molar-refractivity contribution is 7.91. The van der Waals surface area contributed by atoms with E-state index in [0.717, 1.165) is 19.2 Å². The number of halogens is 6. The number of aliphatic hydroxyl groups excluding tert-OH is 1. The second kappa shape index (κ2) is 12.4. The van der Waals surface area contributed by atoms with E-state index in [1.807, 2.05) is 0 Å². The van der Waals surface area contributed by atoms with Gasteiger partial charge >= 0.3 is 12.8 Å². The van der Waals surface area contributed by atoms with Crippen LogP contribution in [0.5, 0.6) is 5.75 Å². The lowest BCUT2D eigenvalue weighted by Gasteiger charge is -2.39. The molecule has 0 spiro atoms. The van der Waals surface area contributed by atoms with E-state index in [0.29, 0.717) is 0 Å². The molecular formula is C25H31ClF5N3O6S. The normalized spacial score (nSPS) is 22.5. The van der Waals surface area contributed by atoms with Gasteiger partial charge < -0.3 is 20.3 Å². The third kappa shape index (κ3) is 7.67. The quantitative estimate of drug-likeness (QED) is 0.338. The van der Waals surface area contributed by atoms with Gasteiger partial charge in [0.05, 0.1) is 28.0 Å². The average Bonchev–Trinajstić information content (AvgIpc) is 3.19. The van der Waals surface area contributed by atoms with Crippen molar-refractivity contribution >= 4 is 27.3 Å². The SMILES string of the molecule is CCn1nc(C(=O)NC[C@@]2(O)CCC(S(C)(=O)=O)C[C@@H]2O)c(Cl)c1-c1ccc(C[C@H](C)C(F)(F)F)cc1OC(F)F. The van der Waals surface area contributed by atoms with Crippen LogP contribution in [0.2, 0.25) is 5.02 Å². The number of hydrogen-bond donors (Lipinski definition) is 3. The number of nitrogens with zero attached hydrogens (tertiary/aromatic N) is 2. The summed E-state index contributed by atoms with van der Waals surface area (Å²) in [6.07, 6.45) is -5.64. The highest BCUT2D eigenvalue weighted by Gasteiger charge is 2.44. The fraction of sp³-hybridized carbons (Fsp3) is 0.600. The molecule has 2 aromatic rings. The Balaban J connectivity index is 1.89. The van der Waals surface area contributed by atoms with E-state index in [2.05, 4.69) is 15.2 Å². The first-order chi connectivity index (χ1) is 18.9. The fourth-order valence-corrected chi connectivity index (χ4v) is 6.10. The number of carbonyl (C=O) groups is 1. The molecule has 1 saturated carbocycles. The van der Waals surface area contributed by atoms with Gasteiger partial charge in [0.15, 0.2) is 5.69 Å². The number of nitrogens with one attached hydrogen (secondary N) is 1. The lowest BCUT2D eigenvalue weighted by molar-refractivity contribution is -0.169. The first-order valence-electron chi connectivity index (χ1n) is 12.7. The fourth-order valence-electron chi connectivity index (χ4n) is 4.70. The van der Waals surface area contributed by atoms with Crippen molar-refractivity contribution in [3.05, 3.63) is 34.5 Å². The molecule has 1 fully saturated rings. The molecule has 9 nitrogen and oxygen atoms in total. The molecule has 1 amide bonds. The molecule has 1 unspecified atom stereocenters. The molecule has 4 atom stereocenters. The number of sulfone groups is 1. The zero-order valence-electron chi connectivity index (χ0n) is 22.4. The molecule has 1 aromatic heterocycles. The Kier molecular flexibility index (Phi) is 9.98. The van der Waals surface area contributed by atoms with Gasteiger partial charge in [0.2, 0.25) is 0 Å². The standard InChI is InChI=1S/C25H31ClF5N3O6S/c1-4-34-21(16-6-5-14(9-13(2)25(29,30)31)10-17(16)40-23(27)28)19(26)20(33-34)22(36)32-12-24(37)8-7-15(11-18(24)35)41(3,38)39/h5-6,10,13,15,18,23,35,37H,4,7-9,11-12H2,1-3H3,(H,32,36)/t13-,15?,18-,24-/m0/s1. The van der Waals surface area contributed by atoms with E-state index in [4.69, 9.17) is 11.6 Å². The van der Waals surface area contributed by atoms with E-state index in [9.17, 15) is 45.4 Å². The molecule has 1 heterocycles. The average molecular weight is 632 g/mol. The van der Waals surface area contributed by atoms with Crippen LogP contribution < -0.4 is 10.1 Å². The number of rotatable bonds is 10. The Labute approximate surface area is 238 Å². The molecule has 0 bridgehead atoms. The molecule has 0 radical (unpaired) electrons. The summed E-state index contributed by atoms with van der Waals surface area (Å²) in [6.45, 7) is -1.07. The number of alkyl halides is 5. The van der Waals surface area contributed by atoms with Crippen LogP contribution in [-0.2, 0) is 22.8 Å². The number of aromatic nitrogens is 2. The smallest absolute Gasteiger partial charge is 0.391 e. The van der Waals surface area contributed by atoms with Gasteiger partial charge in [-0.3, -0.25) is 9.48 Å². The van der Waals surface area contributed by atoms with Crippen LogP contribution in [0, 0.1) is 5.92 Å². The Bertz CT molecular complexity index is 1370. The van der Waals surface area contributed by atoms with Crippen molar-refractivity contribution in [2.75, 3.05) is 12.8 Å². The largest absolute Gasteiger partial charge is 0.434 e. The molecule has 0 aliphatic heterocycles. The first-order valence-corrected chi connectivity index (χ1v) is 15.0. The van der Waals surface area contributed by atoms with E-state index in [1.165, 1.54) is 16.8 Å². The predicted molar refractivity (Wildman–Crippen MR) is 140 cm³/mol. The summed E-state index contributed by atoms with van der Waals surface area (Å²) >= 11 is 6.47. The molecular weight excluding hydrogens is 601 g/mol. The highest BCUT2D eigenvalue weighted by Crippen LogP contribution is 2.39. The maximum atomic E-state index is 13.3. The van der Waals surface area contributed by atoms with E-state index in [1.54, 1.807) is 6.92 Å². The van der Waals surface area contributed by atoms with Crippen LogP contribution in [0.25, 0.3) is 11.3 Å². The first kappa shape index (κ1) is 33.0. The summed E-state index contributed by atoms with van der Waals surface area (Å²) in [5, 5.41) is 26.7. The van der Waals surface area contributed by atoms with Crippen LogP contribution in [0.4, 0.5) is 22.0 Å². The third-order valence-corrected chi connectivity index (χ3v) is 9.19. The Hall–Kier alpha value is -2.49. The summed E-state index contributed by atoms with van der Waals surface area (Å²) in [5.74, 6) is -3.08. The molecule has 16 heteroatoms. The maximum absolute atomic E-state index is 13.3. The number of aliphatic hydroxyl groups is 2. The van der Waals surface area contributed by atoms with Crippen LogP contribution in [-0.4, -0.2) is 76.9 Å². The number of carbonyl (C=O) groups excluding carboxylic acids is 1. The van der Waals surface area contributed by atoms with Gasteiger partial charge in [0, 0.05) is 24.9 Å². The minimum absolute atomic E-state index is 0.00204. The molecule has 3 N–H and O–H groups in total. The van der Waals surface area contributed by atoms with Gasteiger partial charge in [-0.1, -0.05) is 24.6 Å². The zero-order chi connectivity index (χ0) is 30.9. The van der Waals surface area contributed by atoms with Gasteiger partial charge in [-0.15, -0.1) is 0 Å². The molecule has 1 aromatic carbocycles. The van der Waals surface area contributed by atoms with E-state index >= 15 is 0 Å². The van der Waals surface area contributed by atoms with Gasteiger partial charge in [0.25, 0.3) is 5.91 Å². The maximum Gasteiger partial charge on any atom is 0.391 e. The Morgan fingerprint density at radius 2 is 2.00 bits per heavy atom. The number of hydrogen-bond acceptors (Lipinski definition) is 7. The van der Waals surface area contributed by atoms with Crippen LogP contribution >= 0.6 is 11.6 Å². The van der Waals surface area contributed by atoms with Gasteiger partial charge in [-0.05, 0) is 50.3 Å². The van der Waals surface area contributed by atoms with Crippen molar-refractivity contribution in [1.82, 2.24) is 15.1 Å². The molecule has 1 aliphatic rings. The summed E-state index contributed by atoms with van der Waals surface area (Å²) in [6, 6.07) is 3.62. The topological polar surface area (TPSA) is 131 Å². The molecule has 3 rings (SSSR count).